The molecular weight excluding hydrogens is 279 g/mol. The fraction of sp³-hybridized carbons (Fsp3) is 1.00. The Kier molecular flexibility index (Phi) is 11.2. The molecule has 17 heavy (non-hydrogen) atoms. The predicted octanol–water partition coefficient (Wildman–Crippen LogP) is 5.90. The van der Waals surface area contributed by atoms with E-state index in [4.69, 9.17) is 39.5 Å². The van der Waals surface area contributed by atoms with Gasteiger partial charge in [-0.05, 0) is 33.1 Å². The first kappa shape index (κ1) is 17.8. The highest BCUT2D eigenvalue weighted by molar-refractivity contribution is 6.67. The monoisotopic (exact) mass is 302 g/mol. The number of unbranched alkanes of at least 4 members (excludes halogenated alkanes) is 6. The van der Waals surface area contributed by atoms with E-state index >= 15 is 0 Å². The zero-order chi connectivity index (χ0) is 13.1. The van der Waals surface area contributed by atoms with E-state index < -0.39 is 3.79 Å². The standard InChI is InChI=1S/C13H25Cl3O/c1-12(2)17-11-9-7-5-3-4-6-8-10-13(14,15)16/h12H,3-11H2,1-2H3. The summed E-state index contributed by atoms with van der Waals surface area (Å²) in [6, 6.07) is 0. The van der Waals surface area contributed by atoms with Gasteiger partial charge in [0.15, 0.2) is 3.79 Å². The summed E-state index contributed by atoms with van der Waals surface area (Å²) in [5.41, 5.74) is 0. The Hall–Kier alpha value is 0.830. The summed E-state index contributed by atoms with van der Waals surface area (Å²) in [5, 5.41) is 0. The van der Waals surface area contributed by atoms with Crippen LogP contribution in [0.2, 0.25) is 0 Å². The fourth-order valence-corrected chi connectivity index (χ4v) is 2.03. The second-order valence-corrected chi connectivity index (χ2v) is 7.28. The molecule has 0 saturated carbocycles. The number of halogens is 3. The summed E-state index contributed by atoms with van der Waals surface area (Å²) < 4.78 is 4.42. The SMILES string of the molecule is CC(C)OCCCCCCCCCC(Cl)(Cl)Cl. The van der Waals surface area contributed by atoms with Crippen LogP contribution in [0.1, 0.15) is 65.2 Å². The summed E-state index contributed by atoms with van der Waals surface area (Å²) in [6.45, 7) is 5.04. The van der Waals surface area contributed by atoms with Crippen LogP contribution in [0.4, 0.5) is 0 Å². The second-order valence-electron chi connectivity index (χ2n) is 4.76. The van der Waals surface area contributed by atoms with Crippen molar-refractivity contribution in [1.29, 1.82) is 0 Å². The van der Waals surface area contributed by atoms with Gasteiger partial charge >= 0.3 is 0 Å². The Morgan fingerprint density at radius 2 is 1.29 bits per heavy atom. The second kappa shape index (κ2) is 10.7. The van der Waals surface area contributed by atoms with Gasteiger partial charge in [0.2, 0.25) is 0 Å². The van der Waals surface area contributed by atoms with E-state index in [1.807, 2.05) is 0 Å². The van der Waals surface area contributed by atoms with Crippen LogP contribution in [0.5, 0.6) is 0 Å². The highest BCUT2D eigenvalue weighted by Crippen LogP contribution is 2.32. The lowest BCUT2D eigenvalue weighted by atomic mass is 10.1. The summed E-state index contributed by atoms with van der Waals surface area (Å²) in [6.07, 6.45) is 9.44. The minimum absolute atomic E-state index is 0.358. The fourth-order valence-electron chi connectivity index (χ4n) is 1.63. The van der Waals surface area contributed by atoms with E-state index in [1.54, 1.807) is 0 Å². The van der Waals surface area contributed by atoms with Crippen molar-refractivity contribution < 1.29 is 4.74 Å². The van der Waals surface area contributed by atoms with Crippen LogP contribution >= 0.6 is 34.8 Å². The van der Waals surface area contributed by atoms with E-state index in [2.05, 4.69) is 13.8 Å². The van der Waals surface area contributed by atoms with Crippen molar-refractivity contribution in [3.8, 4) is 0 Å². The molecule has 0 spiro atoms. The van der Waals surface area contributed by atoms with E-state index in [0.717, 1.165) is 19.4 Å². The van der Waals surface area contributed by atoms with Crippen molar-refractivity contribution in [2.24, 2.45) is 0 Å². The van der Waals surface area contributed by atoms with Crippen molar-refractivity contribution in [2.45, 2.75) is 75.1 Å². The molecule has 0 radical (unpaired) electrons. The van der Waals surface area contributed by atoms with Crippen molar-refractivity contribution in [3.05, 3.63) is 0 Å². The quantitative estimate of drug-likeness (QED) is 0.360. The topological polar surface area (TPSA) is 9.23 Å². The van der Waals surface area contributed by atoms with Crippen LogP contribution in [0, 0.1) is 0 Å². The Morgan fingerprint density at radius 3 is 1.76 bits per heavy atom. The van der Waals surface area contributed by atoms with Crippen LogP contribution in [0.15, 0.2) is 0 Å². The molecule has 0 bridgehead atoms. The van der Waals surface area contributed by atoms with E-state index in [0.29, 0.717) is 12.5 Å². The van der Waals surface area contributed by atoms with Gasteiger partial charge in [-0.25, -0.2) is 0 Å². The third-order valence-electron chi connectivity index (χ3n) is 2.56. The van der Waals surface area contributed by atoms with Gasteiger partial charge in [-0.1, -0.05) is 66.9 Å². The molecule has 0 amide bonds. The number of hydrogen-bond acceptors (Lipinski definition) is 1. The molecule has 4 heteroatoms. The number of alkyl halides is 3. The molecule has 0 aliphatic rings. The van der Waals surface area contributed by atoms with Gasteiger partial charge in [0.05, 0.1) is 6.10 Å². The molecular formula is C13H25Cl3O. The van der Waals surface area contributed by atoms with Crippen LogP contribution in [-0.2, 0) is 4.74 Å². The molecule has 0 aliphatic carbocycles. The molecule has 0 aromatic carbocycles. The van der Waals surface area contributed by atoms with Crippen LogP contribution < -0.4 is 0 Å². The molecule has 0 rings (SSSR count). The summed E-state index contributed by atoms with van der Waals surface area (Å²) in [7, 11) is 0. The van der Waals surface area contributed by atoms with Crippen molar-refractivity contribution in [2.75, 3.05) is 6.61 Å². The molecule has 0 N–H and O–H groups in total. The third kappa shape index (κ3) is 16.8. The molecule has 104 valence electrons. The van der Waals surface area contributed by atoms with Crippen molar-refractivity contribution >= 4 is 34.8 Å². The lowest BCUT2D eigenvalue weighted by Crippen LogP contribution is -2.03. The minimum atomic E-state index is -1.06. The average molecular weight is 304 g/mol. The van der Waals surface area contributed by atoms with Gasteiger partial charge in [0, 0.05) is 6.61 Å². The largest absolute Gasteiger partial charge is 0.379 e. The van der Waals surface area contributed by atoms with E-state index in [1.165, 1.54) is 32.1 Å². The third-order valence-corrected chi connectivity index (χ3v) is 3.12. The highest BCUT2D eigenvalue weighted by Gasteiger charge is 2.17. The van der Waals surface area contributed by atoms with Gasteiger partial charge in [0.25, 0.3) is 0 Å². The maximum Gasteiger partial charge on any atom is 0.190 e. The molecule has 0 heterocycles. The van der Waals surface area contributed by atoms with Gasteiger partial charge in [-0.3, -0.25) is 0 Å². The lowest BCUT2D eigenvalue weighted by molar-refractivity contribution is 0.0756. The predicted molar refractivity (Wildman–Crippen MR) is 78.3 cm³/mol. The van der Waals surface area contributed by atoms with E-state index in [-0.39, 0.29) is 0 Å². The smallest absolute Gasteiger partial charge is 0.190 e. The molecule has 0 aromatic rings. The molecule has 0 atom stereocenters. The zero-order valence-electron chi connectivity index (χ0n) is 11.0. The molecule has 0 aliphatic heterocycles. The molecule has 0 saturated heterocycles. The summed E-state index contributed by atoms with van der Waals surface area (Å²) in [5.74, 6) is 0. The number of rotatable bonds is 10. The molecule has 0 aromatic heterocycles. The molecule has 0 unspecified atom stereocenters. The maximum absolute atomic E-state index is 5.67. The van der Waals surface area contributed by atoms with Crippen LogP contribution in [0.3, 0.4) is 0 Å². The van der Waals surface area contributed by atoms with Gasteiger partial charge in [0.1, 0.15) is 0 Å². The first-order valence-corrected chi connectivity index (χ1v) is 7.73. The normalized spacial score (nSPS) is 12.4. The van der Waals surface area contributed by atoms with Gasteiger partial charge < -0.3 is 4.74 Å². The van der Waals surface area contributed by atoms with Crippen LogP contribution in [-0.4, -0.2) is 16.5 Å². The zero-order valence-corrected chi connectivity index (χ0v) is 13.3. The number of ether oxygens (including phenoxy) is 1. The average Bonchev–Trinajstić information content (AvgIpc) is 2.18. The maximum atomic E-state index is 5.67. The summed E-state index contributed by atoms with van der Waals surface area (Å²) >= 11 is 17.0. The van der Waals surface area contributed by atoms with E-state index in [9.17, 15) is 0 Å². The first-order chi connectivity index (χ1) is 7.92. The minimum Gasteiger partial charge on any atom is -0.379 e. The number of hydrogen-bond donors (Lipinski definition) is 0. The summed E-state index contributed by atoms with van der Waals surface area (Å²) in [4.78, 5) is 0. The van der Waals surface area contributed by atoms with Gasteiger partial charge in [-0.15, -0.1) is 0 Å². The van der Waals surface area contributed by atoms with Crippen LogP contribution in [0.25, 0.3) is 0 Å². The molecule has 0 fully saturated rings. The van der Waals surface area contributed by atoms with Gasteiger partial charge in [-0.2, -0.15) is 0 Å². The lowest BCUT2D eigenvalue weighted by Gasteiger charge is -2.09. The molecule has 1 nitrogen and oxygen atoms in total. The first-order valence-electron chi connectivity index (χ1n) is 6.60. The Labute approximate surface area is 121 Å². The Balaban J connectivity index is 3.04. The van der Waals surface area contributed by atoms with Crippen molar-refractivity contribution in [1.82, 2.24) is 0 Å². The van der Waals surface area contributed by atoms with Crippen molar-refractivity contribution in [3.63, 3.8) is 0 Å². The Morgan fingerprint density at radius 1 is 0.824 bits per heavy atom. The highest BCUT2D eigenvalue weighted by atomic mass is 35.6. The Bertz CT molecular complexity index is 167.